The maximum Gasteiger partial charge on any atom is 0.306 e. The van der Waals surface area contributed by atoms with E-state index in [1.54, 1.807) is 25.1 Å². The Morgan fingerprint density at radius 2 is 1.76 bits per heavy atom. The number of carbonyl (C=O) groups is 1. The SMILES string of the molecule is CC(CP1(=O)Oc2ccccc2-c2ccccc21)C(=O)O. The molecule has 108 valence electrons. The summed E-state index contributed by atoms with van der Waals surface area (Å²) in [7, 11) is -3.23. The number of aliphatic carboxylic acids is 1. The highest BCUT2D eigenvalue weighted by molar-refractivity contribution is 7.67. The molecule has 0 saturated heterocycles. The zero-order chi connectivity index (χ0) is 15.0. The second-order valence-electron chi connectivity index (χ2n) is 5.20. The molecule has 1 aliphatic heterocycles. The number of fused-ring (bicyclic) bond motifs is 3. The van der Waals surface area contributed by atoms with Crippen LogP contribution in [0.4, 0.5) is 0 Å². The molecule has 0 radical (unpaired) electrons. The van der Waals surface area contributed by atoms with Gasteiger partial charge in [-0.1, -0.05) is 43.3 Å². The van der Waals surface area contributed by atoms with E-state index >= 15 is 0 Å². The van der Waals surface area contributed by atoms with Gasteiger partial charge in [-0.3, -0.25) is 9.36 Å². The molecule has 3 rings (SSSR count). The van der Waals surface area contributed by atoms with Crippen molar-refractivity contribution < 1.29 is 19.0 Å². The molecule has 0 aromatic heterocycles. The smallest absolute Gasteiger partial charge is 0.306 e. The first-order valence-corrected chi connectivity index (χ1v) is 8.53. The first-order chi connectivity index (χ1) is 10.0. The van der Waals surface area contributed by atoms with Crippen molar-refractivity contribution in [1.29, 1.82) is 0 Å². The largest absolute Gasteiger partial charge is 0.481 e. The number of carboxylic acid groups (broad SMARTS) is 1. The molecule has 0 amide bonds. The van der Waals surface area contributed by atoms with Crippen LogP contribution < -0.4 is 9.83 Å². The molecule has 0 saturated carbocycles. The average molecular weight is 302 g/mol. The van der Waals surface area contributed by atoms with E-state index in [-0.39, 0.29) is 6.16 Å². The number of hydrogen-bond acceptors (Lipinski definition) is 3. The van der Waals surface area contributed by atoms with Crippen molar-refractivity contribution in [2.45, 2.75) is 6.92 Å². The molecule has 5 heteroatoms. The summed E-state index contributed by atoms with van der Waals surface area (Å²) < 4.78 is 19.0. The number of hydrogen-bond donors (Lipinski definition) is 1. The van der Waals surface area contributed by atoms with Crippen LogP contribution in [0.2, 0.25) is 0 Å². The Hall–Kier alpha value is -2.06. The minimum Gasteiger partial charge on any atom is -0.481 e. The minimum atomic E-state index is -3.23. The topological polar surface area (TPSA) is 63.6 Å². The molecule has 0 aliphatic carbocycles. The number of carboxylic acids is 1. The lowest BCUT2D eigenvalue weighted by atomic mass is 10.0. The molecule has 4 nitrogen and oxygen atoms in total. The van der Waals surface area contributed by atoms with Crippen molar-refractivity contribution in [3.05, 3.63) is 48.5 Å². The lowest BCUT2D eigenvalue weighted by Gasteiger charge is -2.29. The first kappa shape index (κ1) is 13.9. The quantitative estimate of drug-likeness (QED) is 0.883. The van der Waals surface area contributed by atoms with Gasteiger partial charge in [0.2, 0.25) is 0 Å². The van der Waals surface area contributed by atoms with Crippen LogP contribution in [0.5, 0.6) is 5.75 Å². The molecule has 2 atom stereocenters. The monoisotopic (exact) mass is 302 g/mol. The van der Waals surface area contributed by atoms with Crippen molar-refractivity contribution in [3.63, 3.8) is 0 Å². The van der Waals surface area contributed by atoms with Gasteiger partial charge in [0.1, 0.15) is 5.75 Å². The molecule has 0 spiro atoms. The van der Waals surface area contributed by atoms with Crippen LogP contribution in [0, 0.1) is 5.92 Å². The molecule has 2 aromatic carbocycles. The molecule has 21 heavy (non-hydrogen) atoms. The predicted molar refractivity (Wildman–Crippen MR) is 81.4 cm³/mol. The summed E-state index contributed by atoms with van der Waals surface area (Å²) in [6, 6.07) is 14.7. The second kappa shape index (κ2) is 5.05. The number of para-hydroxylation sites is 1. The van der Waals surface area contributed by atoms with Crippen molar-refractivity contribution in [2.75, 3.05) is 6.16 Å². The molecular formula is C16H15O4P. The lowest BCUT2D eigenvalue weighted by Crippen LogP contribution is -2.25. The van der Waals surface area contributed by atoms with Gasteiger partial charge in [-0.25, -0.2) is 0 Å². The zero-order valence-corrected chi connectivity index (χ0v) is 12.4. The number of rotatable bonds is 3. The van der Waals surface area contributed by atoms with E-state index in [2.05, 4.69) is 0 Å². The molecule has 2 aromatic rings. The third-order valence-electron chi connectivity index (χ3n) is 3.63. The average Bonchev–Trinajstić information content (AvgIpc) is 2.47. The van der Waals surface area contributed by atoms with E-state index in [0.717, 1.165) is 11.1 Å². The van der Waals surface area contributed by atoms with Crippen LogP contribution in [0.15, 0.2) is 48.5 Å². The van der Waals surface area contributed by atoms with Crippen LogP contribution in [0.3, 0.4) is 0 Å². The Morgan fingerprint density at radius 3 is 2.48 bits per heavy atom. The van der Waals surface area contributed by atoms with E-state index in [9.17, 15) is 9.36 Å². The summed E-state index contributed by atoms with van der Waals surface area (Å²) in [5.74, 6) is -1.14. The lowest BCUT2D eigenvalue weighted by molar-refractivity contribution is -0.140. The molecule has 2 unspecified atom stereocenters. The summed E-state index contributed by atoms with van der Waals surface area (Å²) in [6.45, 7) is 1.55. The summed E-state index contributed by atoms with van der Waals surface area (Å²) >= 11 is 0. The van der Waals surface area contributed by atoms with Gasteiger partial charge in [0.05, 0.1) is 17.4 Å². The summed E-state index contributed by atoms with van der Waals surface area (Å²) in [5.41, 5.74) is 1.75. The fraction of sp³-hybridized carbons (Fsp3) is 0.188. The van der Waals surface area contributed by atoms with Gasteiger partial charge in [0.15, 0.2) is 0 Å². The van der Waals surface area contributed by atoms with Gasteiger partial charge in [-0.2, -0.15) is 0 Å². The van der Waals surface area contributed by atoms with E-state index in [0.29, 0.717) is 11.1 Å². The van der Waals surface area contributed by atoms with Crippen LogP contribution in [-0.2, 0) is 9.36 Å². The van der Waals surface area contributed by atoms with Crippen molar-refractivity contribution in [2.24, 2.45) is 5.92 Å². The fourth-order valence-corrected chi connectivity index (χ4v) is 5.15. The normalized spacial score (nSPS) is 20.8. The van der Waals surface area contributed by atoms with Crippen molar-refractivity contribution >= 4 is 18.6 Å². The Bertz CT molecular complexity index is 753. The second-order valence-corrected chi connectivity index (χ2v) is 7.58. The molecule has 1 N–H and O–H groups in total. The third kappa shape index (κ3) is 2.36. The summed E-state index contributed by atoms with van der Waals surface area (Å²) in [6.07, 6.45) is -0.00627. The molecule has 0 bridgehead atoms. The van der Waals surface area contributed by atoms with Crippen molar-refractivity contribution in [3.8, 4) is 16.9 Å². The van der Waals surface area contributed by atoms with Crippen molar-refractivity contribution in [1.82, 2.24) is 0 Å². The molecule has 1 heterocycles. The van der Waals surface area contributed by atoms with Gasteiger partial charge >= 0.3 is 5.97 Å². The summed E-state index contributed by atoms with van der Waals surface area (Å²) in [4.78, 5) is 11.1. The highest BCUT2D eigenvalue weighted by Crippen LogP contribution is 2.55. The van der Waals surface area contributed by atoms with Crippen LogP contribution in [0.1, 0.15) is 6.92 Å². The maximum absolute atomic E-state index is 13.2. The van der Waals surface area contributed by atoms with Crippen LogP contribution in [-0.4, -0.2) is 17.2 Å². The zero-order valence-electron chi connectivity index (χ0n) is 11.5. The van der Waals surface area contributed by atoms with Gasteiger partial charge in [0.25, 0.3) is 7.37 Å². The summed E-state index contributed by atoms with van der Waals surface area (Å²) in [5, 5.41) is 9.70. The van der Waals surface area contributed by atoms with E-state index in [1.807, 2.05) is 30.3 Å². The molecule has 0 fully saturated rings. The minimum absolute atomic E-state index is 0.00627. The Kier molecular flexibility index (Phi) is 3.34. The van der Waals surface area contributed by atoms with Crippen LogP contribution >= 0.6 is 7.37 Å². The molecular weight excluding hydrogens is 287 g/mol. The standard InChI is InChI=1S/C16H15O4P/c1-11(16(17)18)10-21(19)15-9-5-3-7-13(15)12-6-2-4-8-14(12)20-21/h2-9,11H,10H2,1H3,(H,17,18). The van der Waals surface area contributed by atoms with Gasteiger partial charge in [0, 0.05) is 5.56 Å². The highest BCUT2D eigenvalue weighted by Gasteiger charge is 2.38. The van der Waals surface area contributed by atoms with Gasteiger partial charge < -0.3 is 9.63 Å². The molecule has 1 aliphatic rings. The Balaban J connectivity index is 2.14. The predicted octanol–water partition coefficient (Wildman–Crippen LogP) is 3.37. The Labute approximate surface area is 122 Å². The highest BCUT2D eigenvalue weighted by atomic mass is 31.2. The Morgan fingerprint density at radius 1 is 1.14 bits per heavy atom. The maximum atomic E-state index is 13.2. The van der Waals surface area contributed by atoms with E-state index in [4.69, 9.17) is 9.63 Å². The fourth-order valence-electron chi connectivity index (χ4n) is 2.55. The number of benzene rings is 2. The van der Waals surface area contributed by atoms with Gasteiger partial charge in [-0.05, 0) is 17.7 Å². The van der Waals surface area contributed by atoms with E-state index < -0.39 is 19.3 Å². The third-order valence-corrected chi connectivity index (χ3v) is 6.27. The van der Waals surface area contributed by atoms with Gasteiger partial charge in [-0.15, -0.1) is 0 Å². The first-order valence-electron chi connectivity index (χ1n) is 6.72. The van der Waals surface area contributed by atoms with Crippen LogP contribution in [0.25, 0.3) is 11.1 Å². The van der Waals surface area contributed by atoms with E-state index in [1.165, 1.54) is 0 Å².